The monoisotopic (exact) mass is 355 g/mol. The molecule has 0 aromatic heterocycles. The third-order valence-electron chi connectivity index (χ3n) is 3.10. The second kappa shape index (κ2) is 7.00. The second-order valence-electron chi connectivity index (χ2n) is 4.54. The van der Waals surface area contributed by atoms with Crippen molar-refractivity contribution in [3.63, 3.8) is 0 Å². The van der Waals surface area contributed by atoms with Gasteiger partial charge in [-0.3, -0.25) is 0 Å². The molecular formula is C16H16BrF2NO. The third kappa shape index (κ3) is 3.80. The van der Waals surface area contributed by atoms with Crippen LogP contribution in [0.3, 0.4) is 0 Å². The van der Waals surface area contributed by atoms with E-state index >= 15 is 0 Å². The van der Waals surface area contributed by atoms with Gasteiger partial charge in [0, 0.05) is 10.5 Å². The molecule has 0 amide bonds. The first-order chi connectivity index (χ1) is 10.0. The van der Waals surface area contributed by atoms with Crippen LogP contribution in [-0.4, -0.2) is 13.7 Å². The molecule has 1 unspecified atom stereocenters. The number of benzene rings is 2. The molecule has 2 nitrogen and oxygen atoms in total. The Morgan fingerprint density at radius 3 is 2.33 bits per heavy atom. The zero-order valence-corrected chi connectivity index (χ0v) is 13.4. The maximum Gasteiger partial charge on any atom is 0.126 e. The molecule has 0 fully saturated rings. The van der Waals surface area contributed by atoms with Crippen LogP contribution in [0.5, 0.6) is 5.75 Å². The van der Waals surface area contributed by atoms with Gasteiger partial charge in [0.2, 0.25) is 0 Å². The number of halogens is 3. The van der Waals surface area contributed by atoms with Gasteiger partial charge < -0.3 is 10.1 Å². The summed E-state index contributed by atoms with van der Waals surface area (Å²) in [5.74, 6) is -0.437. The number of hydrogen-bond acceptors (Lipinski definition) is 2. The Bertz CT molecular complexity index is 613. The van der Waals surface area contributed by atoms with Crippen molar-refractivity contribution in [3.8, 4) is 5.75 Å². The molecular weight excluding hydrogens is 340 g/mol. The molecule has 2 aromatic carbocycles. The first-order valence-corrected chi connectivity index (χ1v) is 7.40. The Hall–Kier alpha value is -1.46. The van der Waals surface area contributed by atoms with Crippen LogP contribution in [0.25, 0.3) is 0 Å². The molecule has 5 heteroatoms. The van der Waals surface area contributed by atoms with E-state index in [1.807, 2.05) is 25.1 Å². The molecule has 0 heterocycles. The van der Waals surface area contributed by atoms with Crippen molar-refractivity contribution in [3.05, 3.63) is 63.6 Å². The van der Waals surface area contributed by atoms with Crippen molar-refractivity contribution >= 4 is 15.9 Å². The van der Waals surface area contributed by atoms with Gasteiger partial charge in [-0.2, -0.15) is 0 Å². The highest BCUT2D eigenvalue weighted by atomic mass is 79.9. The van der Waals surface area contributed by atoms with Crippen LogP contribution >= 0.6 is 15.9 Å². The summed E-state index contributed by atoms with van der Waals surface area (Å²) in [5.41, 5.74) is 1.41. The summed E-state index contributed by atoms with van der Waals surface area (Å²) >= 11 is 3.49. The zero-order chi connectivity index (χ0) is 15.4. The molecule has 21 heavy (non-hydrogen) atoms. The van der Waals surface area contributed by atoms with Gasteiger partial charge in [0.05, 0.1) is 12.6 Å². The normalized spacial score (nSPS) is 12.2. The first kappa shape index (κ1) is 15.9. The average Bonchev–Trinajstić information content (AvgIpc) is 2.41. The fourth-order valence-corrected chi connectivity index (χ4v) is 2.83. The van der Waals surface area contributed by atoms with E-state index in [-0.39, 0.29) is 6.04 Å². The summed E-state index contributed by atoms with van der Waals surface area (Å²) in [4.78, 5) is 0. The lowest BCUT2D eigenvalue weighted by molar-refractivity contribution is 0.340. The van der Waals surface area contributed by atoms with Crippen LogP contribution in [0.1, 0.15) is 24.1 Å². The number of rotatable bonds is 5. The molecule has 1 atom stereocenters. The van der Waals surface area contributed by atoms with E-state index in [0.29, 0.717) is 12.2 Å². The van der Waals surface area contributed by atoms with Gasteiger partial charge in [-0.15, -0.1) is 0 Å². The average molecular weight is 356 g/mol. The van der Waals surface area contributed by atoms with Gasteiger partial charge in [0.25, 0.3) is 0 Å². The highest BCUT2D eigenvalue weighted by molar-refractivity contribution is 9.10. The van der Waals surface area contributed by atoms with E-state index in [1.54, 1.807) is 7.05 Å². The predicted octanol–water partition coefficient (Wildman–Crippen LogP) is 4.43. The van der Waals surface area contributed by atoms with Crippen molar-refractivity contribution in [1.29, 1.82) is 0 Å². The number of hydrogen-bond donors (Lipinski definition) is 1. The topological polar surface area (TPSA) is 21.3 Å². The van der Waals surface area contributed by atoms with Gasteiger partial charge in [-0.05, 0) is 49.4 Å². The zero-order valence-electron chi connectivity index (χ0n) is 11.8. The first-order valence-electron chi connectivity index (χ1n) is 6.60. The molecule has 0 aliphatic carbocycles. The highest BCUT2D eigenvalue weighted by Crippen LogP contribution is 2.32. The fraction of sp³-hybridized carbons (Fsp3) is 0.250. The van der Waals surface area contributed by atoms with Crippen LogP contribution in [0, 0.1) is 11.6 Å². The molecule has 112 valence electrons. The van der Waals surface area contributed by atoms with Crippen molar-refractivity contribution in [2.75, 3.05) is 13.7 Å². The van der Waals surface area contributed by atoms with Gasteiger partial charge >= 0.3 is 0 Å². The van der Waals surface area contributed by atoms with Crippen LogP contribution in [0.4, 0.5) is 8.78 Å². The second-order valence-corrected chi connectivity index (χ2v) is 5.40. The number of nitrogens with one attached hydrogen (secondary N) is 1. The minimum absolute atomic E-state index is 0.319. The SMILES string of the molecule is CCOc1ccc(C(NC)c2cc(F)cc(F)c2)c(Br)c1. The number of ether oxygens (including phenoxy) is 1. The molecule has 0 spiro atoms. The van der Waals surface area contributed by atoms with Gasteiger partial charge in [-0.1, -0.05) is 22.0 Å². The molecule has 0 saturated carbocycles. The van der Waals surface area contributed by atoms with Crippen LogP contribution in [-0.2, 0) is 0 Å². The predicted molar refractivity (Wildman–Crippen MR) is 82.6 cm³/mol. The molecule has 0 aliphatic heterocycles. The van der Waals surface area contributed by atoms with Crippen molar-refractivity contribution in [2.24, 2.45) is 0 Å². The Labute approximate surface area is 131 Å². The van der Waals surface area contributed by atoms with E-state index in [9.17, 15) is 8.78 Å². The Morgan fingerprint density at radius 1 is 1.14 bits per heavy atom. The lowest BCUT2D eigenvalue weighted by Gasteiger charge is -2.19. The smallest absolute Gasteiger partial charge is 0.126 e. The molecule has 0 radical (unpaired) electrons. The summed E-state index contributed by atoms with van der Waals surface area (Å²) < 4.78 is 33.1. The lowest BCUT2D eigenvalue weighted by atomic mass is 9.98. The molecule has 0 saturated heterocycles. The van der Waals surface area contributed by atoms with E-state index in [0.717, 1.165) is 21.9 Å². The summed E-state index contributed by atoms with van der Waals surface area (Å²) in [6, 6.07) is 8.76. The van der Waals surface area contributed by atoms with Crippen LogP contribution in [0.2, 0.25) is 0 Å². The Kier molecular flexibility index (Phi) is 5.31. The van der Waals surface area contributed by atoms with E-state index in [4.69, 9.17) is 4.74 Å². The largest absolute Gasteiger partial charge is 0.494 e. The van der Waals surface area contributed by atoms with Gasteiger partial charge in [0.1, 0.15) is 17.4 Å². The van der Waals surface area contributed by atoms with Gasteiger partial charge in [-0.25, -0.2) is 8.78 Å². The Balaban J connectivity index is 2.41. The highest BCUT2D eigenvalue weighted by Gasteiger charge is 2.17. The maximum absolute atomic E-state index is 13.4. The summed E-state index contributed by atoms with van der Waals surface area (Å²) in [6.45, 7) is 2.49. The summed E-state index contributed by atoms with van der Waals surface area (Å²) in [5, 5.41) is 3.08. The minimum Gasteiger partial charge on any atom is -0.494 e. The quantitative estimate of drug-likeness (QED) is 0.856. The van der Waals surface area contributed by atoms with Crippen LogP contribution in [0.15, 0.2) is 40.9 Å². The summed E-state index contributed by atoms with van der Waals surface area (Å²) in [6.07, 6.45) is 0. The van der Waals surface area contributed by atoms with Crippen LogP contribution < -0.4 is 10.1 Å². The molecule has 0 aliphatic rings. The molecule has 2 aromatic rings. The Morgan fingerprint density at radius 2 is 1.81 bits per heavy atom. The van der Waals surface area contributed by atoms with E-state index < -0.39 is 11.6 Å². The molecule has 2 rings (SSSR count). The van der Waals surface area contributed by atoms with Crippen molar-refractivity contribution in [2.45, 2.75) is 13.0 Å². The maximum atomic E-state index is 13.4. The fourth-order valence-electron chi connectivity index (χ4n) is 2.24. The third-order valence-corrected chi connectivity index (χ3v) is 3.79. The van der Waals surface area contributed by atoms with Gasteiger partial charge in [0.15, 0.2) is 0 Å². The lowest BCUT2D eigenvalue weighted by Crippen LogP contribution is -2.18. The molecule has 1 N–H and O–H groups in total. The van der Waals surface area contributed by atoms with E-state index in [2.05, 4.69) is 21.2 Å². The summed E-state index contributed by atoms with van der Waals surface area (Å²) in [7, 11) is 1.75. The molecule has 0 bridgehead atoms. The standard InChI is InChI=1S/C16H16BrF2NO/c1-3-21-13-4-5-14(15(17)9-13)16(20-2)10-6-11(18)8-12(19)7-10/h4-9,16,20H,3H2,1-2H3. The van der Waals surface area contributed by atoms with Crippen molar-refractivity contribution in [1.82, 2.24) is 5.32 Å². The van der Waals surface area contributed by atoms with E-state index in [1.165, 1.54) is 12.1 Å². The minimum atomic E-state index is -0.590. The van der Waals surface area contributed by atoms with Crippen molar-refractivity contribution < 1.29 is 13.5 Å².